The third-order valence-electron chi connectivity index (χ3n) is 4.83. The van der Waals surface area contributed by atoms with Crippen molar-refractivity contribution in [2.24, 2.45) is 0 Å². The van der Waals surface area contributed by atoms with E-state index >= 15 is 0 Å². The molecule has 0 spiro atoms. The molecule has 3 heterocycles. The van der Waals surface area contributed by atoms with Gasteiger partial charge >= 0.3 is 0 Å². The SMILES string of the molecule is O=C(CN1CCSC1=O)N1CCN(CCN2CCCC2)CC1. The summed E-state index contributed by atoms with van der Waals surface area (Å²) in [4.78, 5) is 32.4. The molecule has 3 fully saturated rings. The number of piperazine rings is 1. The van der Waals surface area contributed by atoms with Gasteiger partial charge in [-0.1, -0.05) is 11.8 Å². The van der Waals surface area contributed by atoms with Gasteiger partial charge < -0.3 is 14.7 Å². The molecule has 0 N–H and O–H groups in total. The fraction of sp³-hybridized carbons (Fsp3) is 0.867. The van der Waals surface area contributed by atoms with Crippen molar-refractivity contribution in [3.8, 4) is 0 Å². The highest BCUT2D eigenvalue weighted by Crippen LogP contribution is 2.17. The molecule has 2 amide bonds. The van der Waals surface area contributed by atoms with Gasteiger partial charge in [-0.2, -0.15) is 0 Å². The number of carbonyl (C=O) groups excluding carboxylic acids is 2. The lowest BCUT2D eigenvalue weighted by molar-refractivity contribution is -0.133. The van der Waals surface area contributed by atoms with Crippen LogP contribution in [0.5, 0.6) is 0 Å². The maximum absolute atomic E-state index is 12.3. The van der Waals surface area contributed by atoms with Crippen LogP contribution in [0.25, 0.3) is 0 Å². The van der Waals surface area contributed by atoms with Gasteiger partial charge in [-0.25, -0.2) is 0 Å². The standard InChI is InChI=1S/C15H26N4O2S/c20-14(13-19-11-12-22-15(19)21)18-9-7-17(8-10-18)6-5-16-3-1-2-4-16/h1-13H2. The summed E-state index contributed by atoms with van der Waals surface area (Å²) in [6.07, 6.45) is 2.69. The minimum Gasteiger partial charge on any atom is -0.339 e. The first-order chi connectivity index (χ1) is 10.7. The van der Waals surface area contributed by atoms with Crippen molar-refractivity contribution in [3.05, 3.63) is 0 Å². The van der Waals surface area contributed by atoms with Crippen molar-refractivity contribution in [2.75, 3.05) is 71.2 Å². The maximum atomic E-state index is 12.3. The molecule has 124 valence electrons. The first-order valence-corrected chi connectivity index (χ1v) is 9.35. The van der Waals surface area contributed by atoms with E-state index in [1.165, 1.54) is 37.7 Å². The number of amides is 2. The van der Waals surface area contributed by atoms with E-state index in [2.05, 4.69) is 9.80 Å². The van der Waals surface area contributed by atoms with E-state index in [-0.39, 0.29) is 17.7 Å². The van der Waals surface area contributed by atoms with Crippen LogP contribution in [-0.4, -0.2) is 102 Å². The first kappa shape index (κ1) is 16.1. The van der Waals surface area contributed by atoms with Crippen LogP contribution in [-0.2, 0) is 4.79 Å². The van der Waals surface area contributed by atoms with Gasteiger partial charge in [0.25, 0.3) is 5.24 Å². The number of hydrogen-bond donors (Lipinski definition) is 0. The summed E-state index contributed by atoms with van der Waals surface area (Å²) in [7, 11) is 0. The van der Waals surface area contributed by atoms with Crippen LogP contribution in [0, 0.1) is 0 Å². The van der Waals surface area contributed by atoms with E-state index in [4.69, 9.17) is 0 Å². The van der Waals surface area contributed by atoms with Crippen molar-refractivity contribution in [2.45, 2.75) is 12.8 Å². The molecule has 3 aliphatic rings. The second kappa shape index (κ2) is 7.66. The van der Waals surface area contributed by atoms with Crippen LogP contribution in [0.1, 0.15) is 12.8 Å². The molecule has 0 bridgehead atoms. The fourth-order valence-corrected chi connectivity index (χ4v) is 4.17. The lowest BCUT2D eigenvalue weighted by Gasteiger charge is -2.36. The third-order valence-corrected chi connectivity index (χ3v) is 5.72. The zero-order chi connectivity index (χ0) is 15.4. The van der Waals surface area contributed by atoms with Gasteiger partial charge in [0.1, 0.15) is 6.54 Å². The van der Waals surface area contributed by atoms with Crippen molar-refractivity contribution < 1.29 is 9.59 Å². The van der Waals surface area contributed by atoms with Gasteiger partial charge in [-0.05, 0) is 25.9 Å². The third kappa shape index (κ3) is 4.14. The van der Waals surface area contributed by atoms with E-state index in [1.54, 1.807) is 4.90 Å². The Morgan fingerprint density at radius 2 is 1.55 bits per heavy atom. The van der Waals surface area contributed by atoms with Crippen molar-refractivity contribution in [3.63, 3.8) is 0 Å². The Kier molecular flexibility index (Phi) is 5.60. The summed E-state index contributed by atoms with van der Waals surface area (Å²) in [5.41, 5.74) is 0. The van der Waals surface area contributed by atoms with Gasteiger partial charge in [-0.3, -0.25) is 14.5 Å². The van der Waals surface area contributed by atoms with Crippen molar-refractivity contribution in [1.29, 1.82) is 0 Å². The van der Waals surface area contributed by atoms with Crippen molar-refractivity contribution in [1.82, 2.24) is 19.6 Å². The largest absolute Gasteiger partial charge is 0.339 e. The first-order valence-electron chi connectivity index (χ1n) is 8.36. The normalized spacial score (nSPS) is 24.5. The molecule has 7 heteroatoms. The molecule has 3 rings (SSSR count). The molecule has 0 atom stereocenters. The Morgan fingerprint density at radius 3 is 2.14 bits per heavy atom. The number of thioether (sulfide) groups is 1. The summed E-state index contributed by atoms with van der Waals surface area (Å²) in [6, 6.07) is 0. The minimum atomic E-state index is 0.0533. The molecular weight excluding hydrogens is 300 g/mol. The maximum Gasteiger partial charge on any atom is 0.282 e. The predicted molar refractivity (Wildman–Crippen MR) is 88.1 cm³/mol. The van der Waals surface area contributed by atoms with Crippen LogP contribution in [0.3, 0.4) is 0 Å². The molecule has 0 saturated carbocycles. The number of carbonyl (C=O) groups is 2. The minimum absolute atomic E-state index is 0.0533. The number of likely N-dealkylation sites (tertiary alicyclic amines) is 1. The van der Waals surface area contributed by atoms with Crippen LogP contribution >= 0.6 is 11.8 Å². The summed E-state index contributed by atoms with van der Waals surface area (Å²) >= 11 is 1.32. The summed E-state index contributed by atoms with van der Waals surface area (Å²) in [5.74, 6) is 0.922. The van der Waals surface area contributed by atoms with E-state index in [9.17, 15) is 9.59 Å². The molecule has 0 aliphatic carbocycles. The van der Waals surface area contributed by atoms with Crippen LogP contribution in [0.4, 0.5) is 4.79 Å². The van der Waals surface area contributed by atoms with Gasteiger partial charge in [0.15, 0.2) is 0 Å². The van der Waals surface area contributed by atoms with Crippen molar-refractivity contribution >= 4 is 22.9 Å². The monoisotopic (exact) mass is 326 g/mol. The van der Waals surface area contributed by atoms with E-state index < -0.39 is 0 Å². The molecule has 3 saturated heterocycles. The second-order valence-electron chi connectivity index (χ2n) is 6.31. The molecule has 6 nitrogen and oxygen atoms in total. The van der Waals surface area contributed by atoms with E-state index in [1.807, 2.05) is 4.90 Å². The predicted octanol–water partition coefficient (Wildman–Crippen LogP) is 0.395. The Morgan fingerprint density at radius 1 is 0.909 bits per heavy atom. The van der Waals surface area contributed by atoms with Crippen LogP contribution in [0.2, 0.25) is 0 Å². The second-order valence-corrected chi connectivity index (χ2v) is 7.35. The van der Waals surface area contributed by atoms with Gasteiger partial charge in [-0.15, -0.1) is 0 Å². The number of hydrogen-bond acceptors (Lipinski definition) is 5. The number of nitrogens with zero attached hydrogens (tertiary/aromatic N) is 4. The molecule has 0 aromatic heterocycles. The highest BCUT2D eigenvalue weighted by Gasteiger charge is 2.27. The van der Waals surface area contributed by atoms with Crippen LogP contribution in [0.15, 0.2) is 0 Å². The fourth-order valence-electron chi connectivity index (χ4n) is 3.34. The summed E-state index contributed by atoms with van der Waals surface area (Å²) in [5, 5.41) is 0.0533. The zero-order valence-corrected chi connectivity index (χ0v) is 14.0. The molecule has 22 heavy (non-hydrogen) atoms. The van der Waals surface area contributed by atoms with Crippen LogP contribution < -0.4 is 0 Å². The quantitative estimate of drug-likeness (QED) is 0.732. The highest BCUT2D eigenvalue weighted by atomic mass is 32.2. The zero-order valence-electron chi connectivity index (χ0n) is 13.2. The van der Waals surface area contributed by atoms with E-state index in [0.717, 1.165) is 45.0 Å². The Labute approximate surface area is 136 Å². The molecule has 0 radical (unpaired) electrons. The molecule has 0 unspecified atom stereocenters. The number of rotatable bonds is 5. The van der Waals surface area contributed by atoms with Gasteiger partial charge in [0.2, 0.25) is 5.91 Å². The molecular formula is C15H26N4O2S. The molecule has 0 aromatic carbocycles. The molecule has 3 aliphatic heterocycles. The van der Waals surface area contributed by atoms with Gasteiger partial charge in [0.05, 0.1) is 0 Å². The summed E-state index contributed by atoms with van der Waals surface area (Å²) in [6.45, 7) is 9.27. The van der Waals surface area contributed by atoms with E-state index in [0.29, 0.717) is 6.54 Å². The van der Waals surface area contributed by atoms with Gasteiger partial charge in [0, 0.05) is 51.6 Å². The Bertz CT molecular complexity index is 406. The average Bonchev–Trinajstić information content (AvgIpc) is 3.18. The molecule has 0 aromatic rings. The average molecular weight is 326 g/mol. The summed E-state index contributed by atoms with van der Waals surface area (Å²) < 4.78 is 0. The highest BCUT2D eigenvalue weighted by molar-refractivity contribution is 8.13. The lowest BCUT2D eigenvalue weighted by Crippen LogP contribution is -2.52. The Hall–Kier alpha value is -0.790. The smallest absolute Gasteiger partial charge is 0.282 e. The topological polar surface area (TPSA) is 47.1 Å². The lowest BCUT2D eigenvalue weighted by atomic mass is 10.3. The Balaban J connectivity index is 1.35.